The Kier molecular flexibility index (Phi) is 7.60. The summed E-state index contributed by atoms with van der Waals surface area (Å²) >= 11 is 0. The second kappa shape index (κ2) is 8.94. The van der Waals surface area contributed by atoms with Crippen molar-refractivity contribution in [2.24, 2.45) is 5.92 Å². The Labute approximate surface area is 129 Å². The number of likely N-dealkylation sites (tertiary alicyclic amines) is 1. The maximum atomic E-state index is 12.0. The van der Waals surface area contributed by atoms with E-state index in [1.54, 1.807) is 0 Å². The molecule has 0 aromatic carbocycles. The van der Waals surface area contributed by atoms with Crippen molar-refractivity contribution in [2.45, 2.75) is 58.5 Å². The van der Waals surface area contributed by atoms with Gasteiger partial charge in [-0.05, 0) is 52.5 Å². The van der Waals surface area contributed by atoms with Crippen LogP contribution in [0.4, 0.5) is 4.79 Å². The lowest BCUT2D eigenvalue weighted by Crippen LogP contribution is -2.41. The van der Waals surface area contributed by atoms with Crippen LogP contribution in [-0.4, -0.2) is 42.8 Å². The molecule has 0 unspecified atom stereocenters. The number of unbranched alkanes of at least 4 members (excludes halogenated alkanes) is 1. The molecule has 4 heteroatoms. The third kappa shape index (κ3) is 7.96. The third-order valence-corrected chi connectivity index (χ3v) is 3.71. The molecule has 1 saturated heterocycles. The molecule has 4 nitrogen and oxygen atoms in total. The predicted octanol–water partition coefficient (Wildman–Crippen LogP) is 3.03. The normalized spacial score (nSPS) is 16.6. The number of hydrogen-bond acceptors (Lipinski definition) is 3. The van der Waals surface area contributed by atoms with Gasteiger partial charge in [0, 0.05) is 13.1 Å². The topological polar surface area (TPSA) is 41.6 Å². The van der Waals surface area contributed by atoms with Crippen LogP contribution in [0.5, 0.6) is 0 Å². The van der Waals surface area contributed by atoms with Gasteiger partial charge in [-0.2, -0.15) is 0 Å². The summed E-state index contributed by atoms with van der Waals surface area (Å²) < 4.78 is 5.41. The molecular formula is C17H30N2O2. The van der Waals surface area contributed by atoms with Crippen molar-refractivity contribution in [3.63, 3.8) is 0 Å². The number of hydrogen-bond donors (Lipinski definition) is 1. The molecule has 1 fully saturated rings. The minimum absolute atomic E-state index is 0.167. The summed E-state index contributed by atoms with van der Waals surface area (Å²) in [5, 5.41) is 3.21. The summed E-state index contributed by atoms with van der Waals surface area (Å²) in [6, 6.07) is 0. The molecule has 0 aromatic rings. The Balaban J connectivity index is 2.12. The average Bonchev–Trinajstić information content (AvgIpc) is 2.41. The Morgan fingerprint density at radius 1 is 1.33 bits per heavy atom. The highest BCUT2D eigenvalue weighted by atomic mass is 16.6. The summed E-state index contributed by atoms with van der Waals surface area (Å²) in [6.07, 6.45) is 10.9. The molecule has 0 bridgehead atoms. The smallest absolute Gasteiger partial charge is 0.410 e. The van der Waals surface area contributed by atoms with Crippen LogP contribution in [0.2, 0.25) is 0 Å². The first-order chi connectivity index (χ1) is 9.92. The van der Waals surface area contributed by atoms with Crippen molar-refractivity contribution >= 4 is 6.09 Å². The zero-order valence-electron chi connectivity index (χ0n) is 13.8. The van der Waals surface area contributed by atoms with E-state index in [2.05, 4.69) is 11.2 Å². The Morgan fingerprint density at radius 3 is 2.57 bits per heavy atom. The zero-order valence-corrected chi connectivity index (χ0v) is 13.8. The highest BCUT2D eigenvalue weighted by Crippen LogP contribution is 2.23. The van der Waals surface area contributed by atoms with Gasteiger partial charge in [0.2, 0.25) is 0 Å². The third-order valence-electron chi connectivity index (χ3n) is 3.71. The zero-order chi connectivity index (χ0) is 15.7. The van der Waals surface area contributed by atoms with Crippen molar-refractivity contribution < 1.29 is 9.53 Å². The van der Waals surface area contributed by atoms with Gasteiger partial charge in [-0.15, -0.1) is 6.42 Å². The second-order valence-electron chi connectivity index (χ2n) is 6.79. The van der Waals surface area contributed by atoms with E-state index in [-0.39, 0.29) is 6.09 Å². The van der Waals surface area contributed by atoms with E-state index in [0.29, 0.717) is 6.54 Å². The van der Waals surface area contributed by atoms with E-state index in [1.807, 2.05) is 25.7 Å². The Bertz CT molecular complexity index is 347. The first-order valence-electron chi connectivity index (χ1n) is 8.04. The van der Waals surface area contributed by atoms with Crippen LogP contribution in [-0.2, 0) is 4.74 Å². The molecule has 21 heavy (non-hydrogen) atoms. The first kappa shape index (κ1) is 17.8. The van der Waals surface area contributed by atoms with E-state index < -0.39 is 5.60 Å². The molecule has 0 spiro atoms. The average molecular weight is 294 g/mol. The molecule has 1 N–H and O–H groups in total. The minimum Gasteiger partial charge on any atom is -0.444 e. The standard InChI is InChI=1S/C17H30N2O2/c1-5-11-18-12-7-6-8-15-9-13-19(14-10-15)16(20)21-17(2,3)4/h1,15,18H,6-14H2,2-4H3. The van der Waals surface area contributed by atoms with Gasteiger partial charge in [-0.3, -0.25) is 0 Å². The summed E-state index contributed by atoms with van der Waals surface area (Å²) in [6.45, 7) is 9.04. The van der Waals surface area contributed by atoms with Crippen LogP contribution in [0.3, 0.4) is 0 Å². The lowest BCUT2D eigenvalue weighted by Gasteiger charge is -2.33. The number of amides is 1. The van der Waals surface area contributed by atoms with Gasteiger partial charge in [0.05, 0.1) is 6.54 Å². The minimum atomic E-state index is -0.403. The second-order valence-corrected chi connectivity index (χ2v) is 6.79. The fourth-order valence-electron chi connectivity index (χ4n) is 2.57. The molecule has 0 radical (unpaired) electrons. The van der Waals surface area contributed by atoms with Crippen LogP contribution < -0.4 is 5.32 Å². The van der Waals surface area contributed by atoms with Crippen molar-refractivity contribution in [1.29, 1.82) is 0 Å². The molecule has 0 aromatic heterocycles. The summed E-state index contributed by atoms with van der Waals surface area (Å²) in [5.41, 5.74) is -0.403. The number of piperidine rings is 1. The Hall–Kier alpha value is -1.21. The molecule has 0 atom stereocenters. The lowest BCUT2D eigenvalue weighted by atomic mass is 9.92. The Morgan fingerprint density at radius 2 is 2.00 bits per heavy atom. The number of carbonyl (C=O) groups is 1. The molecular weight excluding hydrogens is 264 g/mol. The van der Waals surface area contributed by atoms with Crippen molar-refractivity contribution in [2.75, 3.05) is 26.2 Å². The largest absolute Gasteiger partial charge is 0.444 e. The highest BCUT2D eigenvalue weighted by Gasteiger charge is 2.26. The lowest BCUT2D eigenvalue weighted by molar-refractivity contribution is 0.0180. The number of rotatable bonds is 6. The van der Waals surface area contributed by atoms with Crippen molar-refractivity contribution in [3.8, 4) is 12.3 Å². The van der Waals surface area contributed by atoms with E-state index in [1.165, 1.54) is 19.3 Å². The number of ether oxygens (including phenoxy) is 1. The molecule has 1 aliphatic rings. The maximum absolute atomic E-state index is 12.0. The molecule has 0 saturated carbocycles. The number of carbonyl (C=O) groups excluding carboxylic acids is 1. The van der Waals surface area contributed by atoms with E-state index in [4.69, 9.17) is 11.2 Å². The van der Waals surface area contributed by atoms with E-state index in [0.717, 1.165) is 38.4 Å². The van der Waals surface area contributed by atoms with Gasteiger partial charge in [-0.25, -0.2) is 4.79 Å². The monoisotopic (exact) mass is 294 g/mol. The van der Waals surface area contributed by atoms with Gasteiger partial charge in [0.15, 0.2) is 0 Å². The predicted molar refractivity (Wildman–Crippen MR) is 86.1 cm³/mol. The number of terminal acetylenes is 1. The van der Waals surface area contributed by atoms with Gasteiger partial charge in [0.25, 0.3) is 0 Å². The number of nitrogens with zero attached hydrogens (tertiary/aromatic N) is 1. The quantitative estimate of drug-likeness (QED) is 0.605. The highest BCUT2D eigenvalue weighted by molar-refractivity contribution is 5.68. The fourth-order valence-corrected chi connectivity index (χ4v) is 2.57. The van der Waals surface area contributed by atoms with E-state index >= 15 is 0 Å². The molecule has 1 aliphatic heterocycles. The van der Waals surface area contributed by atoms with Gasteiger partial charge >= 0.3 is 6.09 Å². The molecule has 120 valence electrons. The fraction of sp³-hybridized carbons (Fsp3) is 0.824. The van der Waals surface area contributed by atoms with Crippen LogP contribution in [0.25, 0.3) is 0 Å². The first-order valence-corrected chi connectivity index (χ1v) is 8.04. The van der Waals surface area contributed by atoms with Gasteiger partial charge < -0.3 is 15.0 Å². The van der Waals surface area contributed by atoms with Gasteiger partial charge in [-0.1, -0.05) is 18.8 Å². The van der Waals surface area contributed by atoms with Crippen molar-refractivity contribution in [1.82, 2.24) is 10.2 Å². The van der Waals surface area contributed by atoms with Crippen LogP contribution >= 0.6 is 0 Å². The summed E-state index contributed by atoms with van der Waals surface area (Å²) in [7, 11) is 0. The maximum Gasteiger partial charge on any atom is 0.410 e. The summed E-state index contributed by atoms with van der Waals surface area (Å²) in [4.78, 5) is 13.8. The summed E-state index contributed by atoms with van der Waals surface area (Å²) in [5.74, 6) is 3.33. The molecule has 1 heterocycles. The van der Waals surface area contributed by atoms with Crippen LogP contribution in [0.15, 0.2) is 0 Å². The molecule has 1 amide bonds. The SMILES string of the molecule is C#CCNCCCCC1CCN(C(=O)OC(C)(C)C)CC1. The van der Waals surface area contributed by atoms with Crippen LogP contribution in [0, 0.1) is 18.3 Å². The number of nitrogens with one attached hydrogen (secondary N) is 1. The molecule has 1 rings (SSSR count). The van der Waals surface area contributed by atoms with Crippen molar-refractivity contribution in [3.05, 3.63) is 0 Å². The van der Waals surface area contributed by atoms with Crippen LogP contribution in [0.1, 0.15) is 52.9 Å². The van der Waals surface area contributed by atoms with Gasteiger partial charge in [0.1, 0.15) is 5.60 Å². The molecule has 0 aliphatic carbocycles. The van der Waals surface area contributed by atoms with E-state index in [9.17, 15) is 4.79 Å².